The molecule has 0 unspecified atom stereocenters. The summed E-state index contributed by atoms with van der Waals surface area (Å²) >= 11 is 0. The molecular weight excluding hydrogens is 556 g/mol. The predicted octanol–water partition coefficient (Wildman–Crippen LogP) is 0.959. The maximum absolute atomic E-state index is 13.9. The number of ether oxygens (including phenoxy) is 1. The smallest absolute Gasteiger partial charge is 0.322 e. The first-order chi connectivity index (χ1) is 20.6. The van der Waals surface area contributed by atoms with Crippen LogP contribution in [0.4, 0.5) is 0 Å². The molecule has 1 aromatic carbocycles. The quantitative estimate of drug-likeness (QED) is 0.314. The number of methoxy groups -OCH3 is 1. The van der Waals surface area contributed by atoms with E-state index in [-0.39, 0.29) is 55.2 Å². The van der Waals surface area contributed by atoms with Crippen LogP contribution in [0.3, 0.4) is 0 Å². The molecule has 1 saturated heterocycles. The lowest BCUT2D eigenvalue weighted by Gasteiger charge is -2.39. The maximum Gasteiger partial charge on any atom is 0.322 e. The van der Waals surface area contributed by atoms with Crippen molar-refractivity contribution in [2.45, 2.75) is 51.1 Å². The van der Waals surface area contributed by atoms with Gasteiger partial charge in [-0.2, -0.15) is 0 Å². The van der Waals surface area contributed by atoms with E-state index >= 15 is 0 Å². The van der Waals surface area contributed by atoms with Gasteiger partial charge in [-0.25, -0.2) is 0 Å². The highest BCUT2D eigenvalue weighted by Crippen LogP contribution is 2.31. The van der Waals surface area contributed by atoms with E-state index in [0.717, 1.165) is 32.1 Å². The maximum atomic E-state index is 13.9. The summed E-state index contributed by atoms with van der Waals surface area (Å²) in [6.45, 7) is 2.20. The molecule has 4 N–H and O–H groups in total. The molecule has 0 bridgehead atoms. The minimum absolute atomic E-state index is 0.0635. The number of carbonyl (C=O) groups excluding carboxylic acids is 4. The van der Waals surface area contributed by atoms with Gasteiger partial charge in [-0.05, 0) is 44.9 Å². The van der Waals surface area contributed by atoms with Crippen LogP contribution < -0.4 is 20.7 Å². The molecule has 234 valence electrons. The van der Waals surface area contributed by atoms with E-state index in [0.29, 0.717) is 16.7 Å². The number of hydrogen-bond acceptors (Lipinski definition) is 7. The number of benzene rings is 1. The van der Waals surface area contributed by atoms with Gasteiger partial charge in [0.2, 0.25) is 11.8 Å². The summed E-state index contributed by atoms with van der Waals surface area (Å²) in [7, 11) is 4.89. The first kappa shape index (κ1) is 31.8. The van der Waals surface area contributed by atoms with Crippen LogP contribution in [-0.4, -0.2) is 108 Å². The number of aliphatic carboxylic acids is 1. The molecule has 1 aromatic heterocycles. The Morgan fingerprint density at radius 3 is 2.28 bits per heavy atom. The Hall–Kier alpha value is -4.13. The van der Waals surface area contributed by atoms with Crippen molar-refractivity contribution in [1.82, 2.24) is 30.3 Å². The van der Waals surface area contributed by atoms with Gasteiger partial charge in [-0.15, -0.1) is 0 Å². The van der Waals surface area contributed by atoms with Crippen LogP contribution in [0, 0.1) is 5.92 Å². The van der Waals surface area contributed by atoms with Crippen LogP contribution in [0.2, 0.25) is 0 Å². The molecule has 2 fully saturated rings. The number of fused-ring (bicyclic) bond motifs is 1. The second-order valence-electron chi connectivity index (χ2n) is 11.3. The Labute approximate surface area is 250 Å². The number of amides is 4. The van der Waals surface area contributed by atoms with Crippen LogP contribution >= 0.6 is 0 Å². The standard InChI is InChI=1S/C30H42N6O7/c1-18(31-2)27(39)33-25(19-8-6-5-7-9-19)29(41)35-12-14-36(15-13-35)30(42)26-24(28(40)32-17-23(37)38)21-11-10-20(43-4)16-22(21)34(26)3/h10-11,16,18-19,25,31H,5-9,12-15,17H2,1-4H3,(H,32,40)(H,33,39)(H,37,38)/t18-,25-/m0/s1. The number of aryl methyl sites for hydroxylation is 1. The van der Waals surface area contributed by atoms with Crippen molar-refractivity contribution in [3.05, 3.63) is 29.5 Å². The average Bonchev–Trinajstić information content (AvgIpc) is 3.32. The third-order valence-corrected chi connectivity index (χ3v) is 8.63. The van der Waals surface area contributed by atoms with E-state index in [1.54, 1.807) is 53.6 Å². The highest BCUT2D eigenvalue weighted by atomic mass is 16.5. The molecule has 1 saturated carbocycles. The third-order valence-electron chi connectivity index (χ3n) is 8.63. The molecule has 13 nitrogen and oxygen atoms in total. The van der Waals surface area contributed by atoms with Crippen molar-refractivity contribution >= 4 is 40.5 Å². The summed E-state index contributed by atoms with van der Waals surface area (Å²) in [6.07, 6.45) is 4.92. The Kier molecular flexibility index (Phi) is 10.3. The van der Waals surface area contributed by atoms with Gasteiger partial charge in [0.1, 0.15) is 24.0 Å². The van der Waals surface area contributed by atoms with Gasteiger partial charge in [0.05, 0.1) is 24.2 Å². The number of likely N-dealkylation sites (N-methyl/N-ethyl adjacent to an activating group) is 1. The van der Waals surface area contributed by atoms with Gasteiger partial charge in [0.15, 0.2) is 0 Å². The van der Waals surface area contributed by atoms with Crippen LogP contribution in [0.5, 0.6) is 5.75 Å². The second-order valence-corrected chi connectivity index (χ2v) is 11.3. The van der Waals surface area contributed by atoms with Crippen LogP contribution in [0.25, 0.3) is 10.9 Å². The van der Waals surface area contributed by atoms with Crippen LogP contribution in [-0.2, 0) is 21.4 Å². The molecule has 2 aliphatic rings. The van der Waals surface area contributed by atoms with Crippen molar-refractivity contribution in [3.8, 4) is 5.75 Å². The van der Waals surface area contributed by atoms with Gasteiger partial charge in [0, 0.05) is 44.7 Å². The van der Waals surface area contributed by atoms with Gasteiger partial charge in [-0.3, -0.25) is 24.0 Å². The number of carboxylic acid groups (broad SMARTS) is 1. The molecule has 1 aliphatic heterocycles. The summed E-state index contributed by atoms with van der Waals surface area (Å²) in [6, 6.07) is 4.00. The Bertz CT molecular complexity index is 1370. The minimum Gasteiger partial charge on any atom is -0.497 e. The monoisotopic (exact) mass is 598 g/mol. The van der Waals surface area contributed by atoms with Gasteiger partial charge in [-0.1, -0.05) is 19.3 Å². The highest BCUT2D eigenvalue weighted by Gasteiger charge is 2.37. The van der Waals surface area contributed by atoms with Crippen molar-refractivity contribution in [2.24, 2.45) is 13.0 Å². The zero-order chi connectivity index (χ0) is 31.3. The van der Waals surface area contributed by atoms with Crippen molar-refractivity contribution in [2.75, 3.05) is 46.9 Å². The lowest BCUT2D eigenvalue weighted by molar-refractivity contribution is -0.140. The number of aromatic nitrogens is 1. The molecule has 0 radical (unpaired) electrons. The number of piperazine rings is 1. The molecule has 4 amide bonds. The third kappa shape index (κ3) is 6.93. The van der Waals surface area contributed by atoms with Crippen molar-refractivity contribution in [3.63, 3.8) is 0 Å². The summed E-state index contributed by atoms with van der Waals surface area (Å²) in [5, 5.41) is 17.9. The molecule has 4 rings (SSSR count). The summed E-state index contributed by atoms with van der Waals surface area (Å²) in [5.41, 5.74) is 0.793. The second kappa shape index (κ2) is 13.9. The molecule has 1 aliphatic carbocycles. The molecular formula is C30H42N6O7. The summed E-state index contributed by atoms with van der Waals surface area (Å²) in [5.74, 6) is -2.02. The molecule has 43 heavy (non-hydrogen) atoms. The first-order valence-corrected chi connectivity index (χ1v) is 14.8. The van der Waals surface area contributed by atoms with E-state index in [4.69, 9.17) is 9.84 Å². The fraction of sp³-hybridized carbons (Fsp3) is 0.567. The lowest BCUT2D eigenvalue weighted by Crippen LogP contribution is -2.59. The molecule has 2 aromatic rings. The van der Waals surface area contributed by atoms with Crippen molar-refractivity contribution in [1.29, 1.82) is 0 Å². The van der Waals surface area contributed by atoms with E-state index in [2.05, 4.69) is 16.0 Å². The van der Waals surface area contributed by atoms with Gasteiger partial charge < -0.3 is 40.2 Å². The topological polar surface area (TPSA) is 162 Å². The Morgan fingerprint density at radius 2 is 1.67 bits per heavy atom. The Morgan fingerprint density at radius 1 is 1.02 bits per heavy atom. The van der Waals surface area contributed by atoms with Crippen molar-refractivity contribution < 1.29 is 33.8 Å². The minimum atomic E-state index is -1.20. The molecule has 2 heterocycles. The van der Waals surface area contributed by atoms with Gasteiger partial charge in [0.25, 0.3) is 11.8 Å². The SMILES string of the molecule is CN[C@@H](C)C(=O)N[C@H](C(=O)N1CCN(C(=O)c2c(C(=O)NCC(=O)O)c3ccc(OC)cc3n2C)CC1)C1CCCCC1. The number of nitrogens with one attached hydrogen (secondary N) is 3. The summed E-state index contributed by atoms with van der Waals surface area (Å²) < 4.78 is 6.95. The fourth-order valence-corrected chi connectivity index (χ4v) is 6.00. The number of carboxylic acids is 1. The van der Waals surface area contributed by atoms with E-state index in [1.165, 1.54) is 7.11 Å². The van der Waals surface area contributed by atoms with Crippen LogP contribution in [0.1, 0.15) is 59.9 Å². The zero-order valence-electron chi connectivity index (χ0n) is 25.3. The van der Waals surface area contributed by atoms with Crippen LogP contribution in [0.15, 0.2) is 18.2 Å². The molecule has 2 atom stereocenters. The highest BCUT2D eigenvalue weighted by molar-refractivity contribution is 6.16. The number of hydrogen-bond donors (Lipinski definition) is 4. The summed E-state index contributed by atoms with van der Waals surface area (Å²) in [4.78, 5) is 68.1. The molecule has 13 heteroatoms. The van der Waals surface area contributed by atoms with E-state index in [1.807, 2.05) is 0 Å². The largest absolute Gasteiger partial charge is 0.497 e. The van der Waals surface area contributed by atoms with E-state index in [9.17, 15) is 24.0 Å². The Balaban J connectivity index is 1.55. The molecule has 0 spiro atoms. The van der Waals surface area contributed by atoms with E-state index < -0.39 is 36.4 Å². The predicted molar refractivity (Wildman–Crippen MR) is 159 cm³/mol. The fourth-order valence-electron chi connectivity index (χ4n) is 6.00. The number of carbonyl (C=O) groups is 5. The number of rotatable bonds is 10. The first-order valence-electron chi connectivity index (χ1n) is 14.8. The normalized spacial score (nSPS) is 17.3. The average molecular weight is 599 g/mol. The lowest BCUT2D eigenvalue weighted by atomic mass is 9.83. The van der Waals surface area contributed by atoms with Gasteiger partial charge >= 0.3 is 5.97 Å². The zero-order valence-corrected chi connectivity index (χ0v) is 25.3. The number of nitrogens with zero attached hydrogens (tertiary/aromatic N) is 3.